The van der Waals surface area contributed by atoms with Crippen LogP contribution < -0.4 is 15.0 Å². The molecule has 5 nitrogen and oxygen atoms in total. The number of para-hydroxylation sites is 1. The van der Waals surface area contributed by atoms with E-state index in [2.05, 4.69) is 5.32 Å². The second-order valence-corrected chi connectivity index (χ2v) is 8.32. The lowest BCUT2D eigenvalue weighted by molar-refractivity contribution is -0.137. The molecule has 0 aromatic heterocycles. The van der Waals surface area contributed by atoms with Gasteiger partial charge >= 0.3 is 6.18 Å². The number of amides is 2. The number of nitrogens with one attached hydrogen (secondary N) is 1. The number of carbonyl (C=O) groups is 2. The summed E-state index contributed by atoms with van der Waals surface area (Å²) in [5.41, 5.74) is 0.882. The van der Waals surface area contributed by atoms with Crippen LogP contribution in [0.5, 0.6) is 5.75 Å². The molecule has 1 fully saturated rings. The van der Waals surface area contributed by atoms with Crippen molar-refractivity contribution >= 4 is 35.0 Å². The van der Waals surface area contributed by atoms with Gasteiger partial charge in [0.1, 0.15) is 11.1 Å². The highest BCUT2D eigenvalue weighted by Gasteiger charge is 2.35. The van der Waals surface area contributed by atoms with Crippen molar-refractivity contribution < 1.29 is 27.5 Å². The smallest absolute Gasteiger partial charge is 0.416 e. The summed E-state index contributed by atoms with van der Waals surface area (Å²) in [4.78, 5) is 26.3. The maximum atomic E-state index is 12.9. The molecule has 33 heavy (non-hydrogen) atoms. The van der Waals surface area contributed by atoms with Gasteiger partial charge in [0.25, 0.3) is 5.91 Å². The first-order valence-electron chi connectivity index (χ1n) is 10.00. The van der Waals surface area contributed by atoms with E-state index >= 15 is 0 Å². The number of rotatable bonds is 6. The molecule has 1 N–H and O–H groups in total. The highest BCUT2D eigenvalue weighted by molar-refractivity contribution is 8.00. The van der Waals surface area contributed by atoms with E-state index in [1.807, 2.05) is 12.1 Å². The van der Waals surface area contributed by atoms with Crippen molar-refractivity contribution in [2.75, 3.05) is 22.6 Å². The number of carbonyl (C=O) groups excluding carboxylic acids is 2. The monoisotopic (exact) mass is 472 g/mol. The Morgan fingerprint density at radius 1 is 1.03 bits per heavy atom. The molecular weight excluding hydrogens is 453 g/mol. The Labute approximate surface area is 192 Å². The third-order valence-corrected chi connectivity index (χ3v) is 6.12. The van der Waals surface area contributed by atoms with Crippen LogP contribution in [-0.4, -0.2) is 24.2 Å². The Hall–Kier alpha value is -3.46. The molecule has 2 amide bonds. The van der Waals surface area contributed by atoms with E-state index in [1.165, 1.54) is 28.8 Å². The van der Waals surface area contributed by atoms with Gasteiger partial charge < -0.3 is 10.1 Å². The maximum Gasteiger partial charge on any atom is 0.416 e. The molecule has 1 unspecified atom stereocenters. The normalized spacial score (nSPS) is 16.0. The molecule has 3 aromatic carbocycles. The van der Waals surface area contributed by atoms with E-state index in [-0.39, 0.29) is 24.2 Å². The number of hydrogen-bond donors (Lipinski definition) is 1. The number of nitrogens with zero attached hydrogens (tertiary/aromatic N) is 1. The van der Waals surface area contributed by atoms with E-state index in [1.54, 1.807) is 42.5 Å². The predicted molar refractivity (Wildman–Crippen MR) is 121 cm³/mol. The molecule has 0 bridgehead atoms. The third kappa shape index (κ3) is 5.48. The molecule has 0 saturated carbocycles. The zero-order valence-corrected chi connectivity index (χ0v) is 18.0. The molecule has 1 aliphatic rings. The molecule has 0 aliphatic carbocycles. The number of hydrogen-bond acceptors (Lipinski definition) is 4. The molecule has 9 heteroatoms. The largest absolute Gasteiger partial charge is 0.484 e. The molecule has 1 heterocycles. The van der Waals surface area contributed by atoms with Gasteiger partial charge in [-0.15, -0.1) is 11.8 Å². The van der Waals surface area contributed by atoms with Crippen LogP contribution in [0.4, 0.5) is 24.5 Å². The van der Waals surface area contributed by atoms with Gasteiger partial charge in [-0.1, -0.05) is 30.3 Å². The second kappa shape index (κ2) is 9.58. The summed E-state index contributed by atoms with van der Waals surface area (Å²) in [6, 6.07) is 20.5. The lowest BCUT2D eigenvalue weighted by atomic mass is 10.1. The molecule has 0 radical (unpaired) electrons. The van der Waals surface area contributed by atoms with Gasteiger partial charge in [0.15, 0.2) is 6.61 Å². The van der Waals surface area contributed by atoms with E-state index in [4.69, 9.17) is 4.74 Å². The predicted octanol–water partition coefficient (Wildman–Crippen LogP) is 5.50. The highest BCUT2D eigenvalue weighted by Crippen LogP contribution is 2.43. The average molecular weight is 472 g/mol. The zero-order valence-electron chi connectivity index (χ0n) is 17.2. The van der Waals surface area contributed by atoms with Crippen LogP contribution in [0.15, 0.2) is 78.9 Å². The summed E-state index contributed by atoms with van der Waals surface area (Å²) in [7, 11) is 0. The SMILES string of the molecule is O=C(COc1ccccc1)Nc1cccc(C2SCC(=O)N2c2ccc(C(F)(F)F)cc2)c1. The molecular formula is C24H19F3N2O3S. The summed E-state index contributed by atoms with van der Waals surface area (Å²) in [5.74, 6) is 0.239. The van der Waals surface area contributed by atoms with E-state index in [0.29, 0.717) is 17.1 Å². The average Bonchev–Trinajstić information content (AvgIpc) is 3.19. The summed E-state index contributed by atoms with van der Waals surface area (Å²) < 4.78 is 44.1. The molecule has 1 aliphatic heterocycles. The molecule has 170 valence electrons. The van der Waals surface area contributed by atoms with E-state index in [0.717, 1.165) is 17.7 Å². The second-order valence-electron chi connectivity index (χ2n) is 7.25. The Morgan fingerprint density at radius 2 is 1.76 bits per heavy atom. The Bertz CT molecular complexity index is 1140. The topological polar surface area (TPSA) is 58.6 Å². The molecule has 4 rings (SSSR count). The number of thioether (sulfide) groups is 1. The first kappa shape index (κ1) is 22.7. The van der Waals surface area contributed by atoms with Crippen LogP contribution in [-0.2, 0) is 15.8 Å². The van der Waals surface area contributed by atoms with Crippen molar-refractivity contribution in [3.05, 3.63) is 90.0 Å². The van der Waals surface area contributed by atoms with E-state index < -0.39 is 17.1 Å². The lowest BCUT2D eigenvalue weighted by Gasteiger charge is -2.25. The quantitative estimate of drug-likeness (QED) is 0.515. The molecule has 1 atom stereocenters. The van der Waals surface area contributed by atoms with Gasteiger partial charge in [0, 0.05) is 11.4 Å². The van der Waals surface area contributed by atoms with Gasteiger partial charge in [-0.3, -0.25) is 14.5 Å². The first-order valence-corrected chi connectivity index (χ1v) is 11.0. The minimum absolute atomic E-state index is 0.164. The number of benzene rings is 3. The van der Waals surface area contributed by atoms with Crippen molar-refractivity contribution in [3.8, 4) is 5.75 Å². The third-order valence-electron chi connectivity index (χ3n) is 4.91. The Kier molecular flexibility index (Phi) is 6.60. The zero-order chi connectivity index (χ0) is 23.4. The van der Waals surface area contributed by atoms with Gasteiger partial charge in [0.05, 0.1) is 11.3 Å². The summed E-state index contributed by atoms with van der Waals surface area (Å²) in [5, 5.41) is 2.34. The maximum absolute atomic E-state index is 12.9. The minimum Gasteiger partial charge on any atom is -0.484 e. The van der Waals surface area contributed by atoms with Crippen molar-refractivity contribution in [1.29, 1.82) is 0 Å². The number of alkyl halides is 3. The van der Waals surface area contributed by atoms with Crippen molar-refractivity contribution in [1.82, 2.24) is 0 Å². The molecule has 0 spiro atoms. The Morgan fingerprint density at radius 3 is 2.45 bits per heavy atom. The fourth-order valence-electron chi connectivity index (χ4n) is 3.39. The van der Waals surface area contributed by atoms with Gasteiger partial charge in [-0.2, -0.15) is 13.2 Å². The van der Waals surface area contributed by atoms with E-state index in [9.17, 15) is 22.8 Å². The standard InChI is InChI=1S/C24H19F3N2O3S/c25-24(26,27)17-9-11-19(12-10-17)29-22(31)15-33-23(29)16-5-4-6-18(13-16)28-21(30)14-32-20-7-2-1-3-8-20/h1-13,23H,14-15H2,(H,28,30). The Balaban J connectivity index is 1.47. The van der Waals surface area contributed by atoms with Gasteiger partial charge in [0.2, 0.25) is 5.91 Å². The van der Waals surface area contributed by atoms with Crippen LogP contribution in [0.1, 0.15) is 16.5 Å². The van der Waals surface area contributed by atoms with Crippen LogP contribution in [0.2, 0.25) is 0 Å². The van der Waals surface area contributed by atoms with Gasteiger partial charge in [-0.25, -0.2) is 0 Å². The summed E-state index contributed by atoms with van der Waals surface area (Å²) in [6.45, 7) is -0.164. The van der Waals surface area contributed by atoms with Crippen LogP contribution in [0.25, 0.3) is 0 Å². The molecule has 1 saturated heterocycles. The molecule has 3 aromatic rings. The fraction of sp³-hybridized carbons (Fsp3) is 0.167. The van der Waals surface area contributed by atoms with Gasteiger partial charge in [-0.05, 0) is 54.1 Å². The fourth-order valence-corrected chi connectivity index (χ4v) is 4.56. The number of ether oxygens (including phenoxy) is 1. The van der Waals surface area contributed by atoms with Crippen molar-refractivity contribution in [3.63, 3.8) is 0 Å². The van der Waals surface area contributed by atoms with Crippen LogP contribution in [0, 0.1) is 0 Å². The lowest BCUT2D eigenvalue weighted by Crippen LogP contribution is -2.28. The van der Waals surface area contributed by atoms with Crippen molar-refractivity contribution in [2.24, 2.45) is 0 Å². The summed E-state index contributed by atoms with van der Waals surface area (Å²) >= 11 is 1.37. The van der Waals surface area contributed by atoms with Crippen LogP contribution in [0.3, 0.4) is 0 Å². The summed E-state index contributed by atoms with van der Waals surface area (Å²) in [6.07, 6.45) is -4.45. The first-order chi connectivity index (χ1) is 15.8. The highest BCUT2D eigenvalue weighted by atomic mass is 32.2. The number of anilines is 2. The minimum atomic E-state index is -4.45. The van der Waals surface area contributed by atoms with Crippen molar-refractivity contribution in [2.45, 2.75) is 11.6 Å². The van der Waals surface area contributed by atoms with Crippen LogP contribution >= 0.6 is 11.8 Å². The number of halogens is 3.